The topological polar surface area (TPSA) is 66.8 Å². The van der Waals surface area contributed by atoms with E-state index in [2.05, 4.69) is 68.7 Å². The molecule has 4 aromatic rings. The summed E-state index contributed by atoms with van der Waals surface area (Å²) in [5.74, 6) is 1.29. The second kappa shape index (κ2) is 9.08. The van der Waals surface area contributed by atoms with Crippen LogP contribution in [0.15, 0.2) is 54.7 Å². The summed E-state index contributed by atoms with van der Waals surface area (Å²) in [5, 5.41) is 14.8. The summed E-state index contributed by atoms with van der Waals surface area (Å²) in [7, 11) is 0. The Kier molecular flexibility index (Phi) is 5.86. The molecule has 1 fully saturated rings. The Balaban J connectivity index is 1.27. The van der Waals surface area contributed by atoms with Gasteiger partial charge in [-0.05, 0) is 61.7 Å². The SMILES string of the molecule is CCc1nnc(Nc2cccc([C@H]3CCCN(Cc4ccc5ncccc5c4)C3)n2)s1. The second-order valence-electron chi connectivity index (χ2n) is 8.03. The first kappa shape index (κ1) is 20.0. The molecule has 4 heterocycles. The molecule has 0 aliphatic carbocycles. The Morgan fingerprint density at radius 3 is 3.00 bits per heavy atom. The van der Waals surface area contributed by atoms with Gasteiger partial charge in [-0.2, -0.15) is 0 Å². The molecule has 158 valence electrons. The van der Waals surface area contributed by atoms with Crippen molar-refractivity contribution in [1.82, 2.24) is 25.1 Å². The number of hydrogen-bond donors (Lipinski definition) is 1. The molecule has 1 aliphatic heterocycles. The van der Waals surface area contributed by atoms with Crippen LogP contribution in [0.1, 0.15) is 41.9 Å². The van der Waals surface area contributed by atoms with Gasteiger partial charge in [0.25, 0.3) is 0 Å². The number of rotatable bonds is 6. The standard InChI is InChI=1S/C24H26N6S/c1-2-23-28-29-24(31-23)27-22-9-3-8-21(26-22)19-7-5-13-30(16-19)15-17-10-11-20-18(14-17)6-4-12-25-20/h3-4,6,8-12,14,19H,2,5,7,13,15-16H2,1H3,(H,26,27,29)/t19-/m0/s1. The largest absolute Gasteiger partial charge is 0.315 e. The molecule has 0 amide bonds. The third-order valence-corrected chi connectivity index (χ3v) is 6.76. The molecule has 0 saturated carbocycles. The zero-order valence-electron chi connectivity index (χ0n) is 17.7. The fourth-order valence-electron chi connectivity index (χ4n) is 4.23. The Morgan fingerprint density at radius 1 is 1.13 bits per heavy atom. The van der Waals surface area contributed by atoms with Crippen LogP contribution in [0.5, 0.6) is 0 Å². The lowest BCUT2D eigenvalue weighted by Crippen LogP contribution is -2.34. The molecule has 1 aliphatic rings. The van der Waals surface area contributed by atoms with E-state index in [0.717, 1.165) is 53.2 Å². The molecule has 6 nitrogen and oxygen atoms in total. The second-order valence-corrected chi connectivity index (χ2v) is 9.09. The first-order valence-electron chi connectivity index (χ1n) is 10.9. The zero-order valence-corrected chi connectivity index (χ0v) is 18.5. The van der Waals surface area contributed by atoms with E-state index in [1.54, 1.807) is 11.3 Å². The van der Waals surface area contributed by atoms with E-state index in [1.807, 2.05) is 18.3 Å². The molecule has 1 N–H and O–H groups in total. The lowest BCUT2D eigenvalue weighted by atomic mass is 9.94. The van der Waals surface area contributed by atoms with Crippen molar-refractivity contribution in [3.8, 4) is 0 Å². The van der Waals surface area contributed by atoms with Crippen molar-refractivity contribution in [3.05, 3.63) is 71.0 Å². The number of likely N-dealkylation sites (tertiary alicyclic amines) is 1. The fraction of sp³-hybridized carbons (Fsp3) is 0.333. The monoisotopic (exact) mass is 430 g/mol. The summed E-state index contributed by atoms with van der Waals surface area (Å²) in [4.78, 5) is 11.9. The van der Waals surface area contributed by atoms with Crippen LogP contribution in [0.4, 0.5) is 10.9 Å². The van der Waals surface area contributed by atoms with Gasteiger partial charge in [0, 0.05) is 36.3 Å². The normalized spacial score (nSPS) is 17.1. The van der Waals surface area contributed by atoms with E-state index in [4.69, 9.17) is 4.98 Å². The van der Waals surface area contributed by atoms with Gasteiger partial charge >= 0.3 is 0 Å². The van der Waals surface area contributed by atoms with Crippen LogP contribution in [-0.2, 0) is 13.0 Å². The van der Waals surface area contributed by atoms with Crippen molar-refractivity contribution in [2.75, 3.05) is 18.4 Å². The van der Waals surface area contributed by atoms with Gasteiger partial charge in [0.05, 0.1) is 5.52 Å². The van der Waals surface area contributed by atoms with Gasteiger partial charge in [0.1, 0.15) is 10.8 Å². The van der Waals surface area contributed by atoms with E-state index in [-0.39, 0.29) is 0 Å². The van der Waals surface area contributed by atoms with Gasteiger partial charge in [-0.3, -0.25) is 9.88 Å². The molecule has 3 aromatic heterocycles. The van der Waals surface area contributed by atoms with Crippen molar-refractivity contribution in [2.24, 2.45) is 0 Å². The molecule has 7 heteroatoms. The molecule has 1 saturated heterocycles. The van der Waals surface area contributed by atoms with Crippen molar-refractivity contribution >= 4 is 33.2 Å². The van der Waals surface area contributed by atoms with E-state index in [9.17, 15) is 0 Å². The predicted molar refractivity (Wildman–Crippen MR) is 126 cm³/mol. The minimum atomic E-state index is 0.443. The van der Waals surface area contributed by atoms with E-state index in [0.29, 0.717) is 5.92 Å². The molecule has 1 atom stereocenters. The molecule has 0 bridgehead atoms. The highest BCUT2D eigenvalue weighted by atomic mass is 32.1. The summed E-state index contributed by atoms with van der Waals surface area (Å²) in [6, 6.07) is 17.0. The number of nitrogens with zero attached hydrogens (tertiary/aromatic N) is 5. The van der Waals surface area contributed by atoms with Crippen LogP contribution in [-0.4, -0.2) is 38.2 Å². The molecular formula is C24H26N6S. The number of hydrogen-bond acceptors (Lipinski definition) is 7. The van der Waals surface area contributed by atoms with Gasteiger partial charge in [0.2, 0.25) is 5.13 Å². The summed E-state index contributed by atoms with van der Waals surface area (Å²) in [6.07, 6.45) is 5.11. The molecular weight excluding hydrogens is 404 g/mol. The number of piperidine rings is 1. The average Bonchev–Trinajstić information content (AvgIpc) is 3.27. The number of nitrogens with one attached hydrogen (secondary N) is 1. The number of pyridine rings is 2. The third-order valence-electron chi connectivity index (χ3n) is 5.77. The average molecular weight is 431 g/mol. The van der Waals surface area contributed by atoms with Gasteiger partial charge in [-0.25, -0.2) is 4.98 Å². The van der Waals surface area contributed by atoms with Crippen LogP contribution in [0.2, 0.25) is 0 Å². The Morgan fingerprint density at radius 2 is 2.10 bits per heavy atom. The van der Waals surface area contributed by atoms with E-state index >= 15 is 0 Å². The highest BCUT2D eigenvalue weighted by Gasteiger charge is 2.23. The van der Waals surface area contributed by atoms with Gasteiger partial charge in [-0.1, -0.05) is 36.5 Å². The van der Waals surface area contributed by atoms with Gasteiger partial charge in [0.15, 0.2) is 0 Å². The maximum atomic E-state index is 4.90. The molecule has 0 spiro atoms. The first-order chi connectivity index (χ1) is 15.3. The summed E-state index contributed by atoms with van der Waals surface area (Å²) >= 11 is 1.59. The quantitative estimate of drug-likeness (QED) is 0.455. The number of anilines is 2. The highest BCUT2D eigenvalue weighted by Crippen LogP contribution is 2.28. The fourth-order valence-corrected chi connectivity index (χ4v) is 4.91. The lowest BCUT2D eigenvalue weighted by molar-refractivity contribution is 0.198. The lowest BCUT2D eigenvalue weighted by Gasteiger charge is -2.32. The third kappa shape index (κ3) is 4.73. The zero-order chi connectivity index (χ0) is 21.0. The molecule has 0 unspecified atom stereocenters. The van der Waals surface area contributed by atoms with E-state index in [1.165, 1.54) is 23.8 Å². The summed E-state index contributed by atoms with van der Waals surface area (Å²) in [6.45, 7) is 5.21. The van der Waals surface area contributed by atoms with Crippen LogP contribution in [0.3, 0.4) is 0 Å². The number of aryl methyl sites for hydroxylation is 1. The number of aromatic nitrogens is 4. The predicted octanol–water partition coefficient (Wildman–Crippen LogP) is 5.17. The van der Waals surface area contributed by atoms with Crippen molar-refractivity contribution in [1.29, 1.82) is 0 Å². The molecule has 1 aromatic carbocycles. The minimum absolute atomic E-state index is 0.443. The minimum Gasteiger partial charge on any atom is -0.315 e. The molecule has 0 radical (unpaired) electrons. The summed E-state index contributed by atoms with van der Waals surface area (Å²) < 4.78 is 0. The van der Waals surface area contributed by atoms with Crippen LogP contribution in [0.25, 0.3) is 10.9 Å². The smallest absolute Gasteiger partial charge is 0.211 e. The van der Waals surface area contributed by atoms with Crippen LogP contribution in [0, 0.1) is 0 Å². The number of fused-ring (bicyclic) bond motifs is 1. The Hall–Kier alpha value is -2.90. The van der Waals surface area contributed by atoms with Crippen molar-refractivity contribution < 1.29 is 0 Å². The maximum Gasteiger partial charge on any atom is 0.211 e. The van der Waals surface area contributed by atoms with Crippen molar-refractivity contribution in [3.63, 3.8) is 0 Å². The highest BCUT2D eigenvalue weighted by molar-refractivity contribution is 7.15. The van der Waals surface area contributed by atoms with Crippen LogP contribution >= 0.6 is 11.3 Å². The molecule has 5 rings (SSSR count). The summed E-state index contributed by atoms with van der Waals surface area (Å²) in [5.41, 5.74) is 3.54. The van der Waals surface area contributed by atoms with Gasteiger partial charge < -0.3 is 5.32 Å². The Labute approximate surface area is 186 Å². The Bertz CT molecular complexity index is 1170. The van der Waals surface area contributed by atoms with Crippen LogP contribution < -0.4 is 5.32 Å². The first-order valence-corrected chi connectivity index (χ1v) is 11.7. The van der Waals surface area contributed by atoms with Crippen molar-refractivity contribution in [2.45, 2.75) is 38.6 Å². The molecule has 31 heavy (non-hydrogen) atoms. The van der Waals surface area contributed by atoms with E-state index < -0.39 is 0 Å². The van der Waals surface area contributed by atoms with Gasteiger partial charge in [-0.15, -0.1) is 10.2 Å². The maximum absolute atomic E-state index is 4.90. The number of benzene rings is 1.